The summed E-state index contributed by atoms with van der Waals surface area (Å²) in [5.74, 6) is -1.25. The van der Waals surface area contributed by atoms with Gasteiger partial charge in [0.05, 0.1) is 23.3 Å². The molecule has 0 saturated carbocycles. The van der Waals surface area contributed by atoms with Crippen molar-refractivity contribution in [2.24, 2.45) is 0 Å². The molecular weight excluding hydrogens is 395 g/mol. The topological polar surface area (TPSA) is 75.7 Å². The minimum absolute atomic E-state index is 0.0390. The van der Waals surface area contributed by atoms with Gasteiger partial charge in [0.1, 0.15) is 11.6 Å². The van der Waals surface area contributed by atoms with Crippen LogP contribution >= 0.6 is 11.6 Å². The van der Waals surface area contributed by atoms with Gasteiger partial charge in [-0.3, -0.25) is 4.79 Å². The summed E-state index contributed by atoms with van der Waals surface area (Å²) in [4.78, 5) is 12.5. The zero-order chi connectivity index (χ0) is 19.6. The molecule has 0 spiro atoms. The normalized spacial score (nSPS) is 14.9. The Morgan fingerprint density at radius 2 is 1.89 bits per heavy atom. The van der Waals surface area contributed by atoms with Gasteiger partial charge in [0, 0.05) is 18.1 Å². The molecule has 9 heteroatoms. The van der Waals surface area contributed by atoms with Gasteiger partial charge in [-0.15, -0.1) is 0 Å². The molecule has 1 N–H and O–H groups in total. The second-order valence-electron chi connectivity index (χ2n) is 6.05. The highest BCUT2D eigenvalue weighted by atomic mass is 35.5. The summed E-state index contributed by atoms with van der Waals surface area (Å²) in [6, 6.07) is 7.87. The summed E-state index contributed by atoms with van der Waals surface area (Å²) in [7, 11) is -2.27. The third-order valence-corrected chi connectivity index (χ3v) is 6.43. The Kier molecular flexibility index (Phi) is 5.69. The average molecular weight is 413 g/mol. The first-order valence-corrected chi connectivity index (χ1v) is 10.1. The lowest BCUT2D eigenvalue weighted by Crippen LogP contribution is -2.28. The van der Waals surface area contributed by atoms with Crippen molar-refractivity contribution in [1.29, 1.82) is 0 Å². The average Bonchev–Trinajstić information content (AvgIpc) is 3.17. The van der Waals surface area contributed by atoms with Gasteiger partial charge in [0.2, 0.25) is 10.0 Å². The predicted octanol–water partition coefficient (Wildman–Crippen LogP) is 3.52. The first-order valence-electron chi connectivity index (χ1n) is 8.27. The fourth-order valence-electron chi connectivity index (χ4n) is 2.89. The number of benzene rings is 2. The number of nitrogens with zero attached hydrogens (tertiary/aromatic N) is 1. The second kappa shape index (κ2) is 7.84. The zero-order valence-corrected chi connectivity index (χ0v) is 16.1. The van der Waals surface area contributed by atoms with Gasteiger partial charge < -0.3 is 10.1 Å². The molecule has 144 valence electrons. The van der Waals surface area contributed by atoms with Crippen molar-refractivity contribution >= 4 is 33.2 Å². The van der Waals surface area contributed by atoms with Crippen LogP contribution in [0.1, 0.15) is 23.2 Å². The summed E-state index contributed by atoms with van der Waals surface area (Å²) in [6.07, 6.45) is 1.63. The maximum atomic E-state index is 14.0. The minimum atomic E-state index is -3.67. The predicted molar refractivity (Wildman–Crippen MR) is 100 cm³/mol. The first-order chi connectivity index (χ1) is 12.8. The van der Waals surface area contributed by atoms with E-state index in [0.29, 0.717) is 13.1 Å². The van der Waals surface area contributed by atoms with Gasteiger partial charge >= 0.3 is 0 Å². The maximum absolute atomic E-state index is 14.0. The summed E-state index contributed by atoms with van der Waals surface area (Å²) in [6.45, 7) is 0.929. The van der Waals surface area contributed by atoms with Crippen LogP contribution in [0.25, 0.3) is 0 Å². The Bertz CT molecular complexity index is 975. The molecule has 1 fully saturated rings. The zero-order valence-electron chi connectivity index (χ0n) is 14.5. The minimum Gasteiger partial charge on any atom is -0.495 e. The number of carbonyl (C=O) groups is 1. The number of methoxy groups -OCH3 is 1. The molecule has 2 aromatic rings. The highest BCUT2D eigenvalue weighted by Crippen LogP contribution is 2.30. The molecule has 0 unspecified atom stereocenters. The summed E-state index contributed by atoms with van der Waals surface area (Å²) >= 11 is 5.70. The smallest absolute Gasteiger partial charge is 0.258 e. The first kappa shape index (κ1) is 19.6. The van der Waals surface area contributed by atoms with Crippen LogP contribution in [-0.4, -0.2) is 38.8 Å². The SMILES string of the molecule is COc1ccc(S(=O)(=O)N2CCCC2)cc1NC(=O)c1ccc(Cl)cc1F. The number of ether oxygens (including phenoxy) is 1. The molecule has 0 radical (unpaired) electrons. The Balaban J connectivity index is 1.93. The van der Waals surface area contributed by atoms with Crippen molar-refractivity contribution in [3.63, 3.8) is 0 Å². The van der Waals surface area contributed by atoms with Crippen LogP contribution in [0.5, 0.6) is 5.75 Å². The van der Waals surface area contributed by atoms with Crippen LogP contribution in [0.2, 0.25) is 5.02 Å². The Hall–Kier alpha value is -2.16. The molecule has 0 bridgehead atoms. The van der Waals surface area contributed by atoms with E-state index in [1.807, 2.05) is 0 Å². The molecular formula is C18H18ClFN2O4S. The molecule has 2 aromatic carbocycles. The van der Waals surface area contributed by atoms with E-state index in [1.54, 1.807) is 0 Å². The number of sulfonamides is 1. The van der Waals surface area contributed by atoms with Crippen molar-refractivity contribution in [1.82, 2.24) is 4.31 Å². The van der Waals surface area contributed by atoms with E-state index in [9.17, 15) is 17.6 Å². The monoisotopic (exact) mass is 412 g/mol. The lowest BCUT2D eigenvalue weighted by atomic mass is 10.2. The molecule has 1 saturated heterocycles. The van der Waals surface area contributed by atoms with Crippen LogP contribution in [-0.2, 0) is 10.0 Å². The molecule has 0 atom stereocenters. The fourth-order valence-corrected chi connectivity index (χ4v) is 4.59. The lowest BCUT2D eigenvalue weighted by molar-refractivity contribution is 0.102. The summed E-state index contributed by atoms with van der Waals surface area (Å²) < 4.78 is 46.0. The van der Waals surface area contributed by atoms with Gasteiger partial charge in [-0.25, -0.2) is 12.8 Å². The molecule has 6 nitrogen and oxygen atoms in total. The molecule has 27 heavy (non-hydrogen) atoms. The number of nitrogens with one attached hydrogen (secondary N) is 1. The quantitative estimate of drug-likeness (QED) is 0.815. The Morgan fingerprint density at radius 3 is 2.52 bits per heavy atom. The highest BCUT2D eigenvalue weighted by Gasteiger charge is 2.28. The van der Waals surface area contributed by atoms with E-state index in [0.717, 1.165) is 18.9 Å². The van der Waals surface area contributed by atoms with Crippen LogP contribution < -0.4 is 10.1 Å². The van der Waals surface area contributed by atoms with E-state index in [2.05, 4.69) is 5.32 Å². The van der Waals surface area contributed by atoms with Crippen molar-refractivity contribution in [3.8, 4) is 5.75 Å². The molecule has 0 aliphatic carbocycles. The van der Waals surface area contributed by atoms with Crippen molar-refractivity contribution < 1.29 is 22.3 Å². The highest BCUT2D eigenvalue weighted by molar-refractivity contribution is 7.89. The molecule has 1 amide bonds. The molecule has 0 aromatic heterocycles. The maximum Gasteiger partial charge on any atom is 0.258 e. The van der Waals surface area contributed by atoms with E-state index in [-0.39, 0.29) is 26.9 Å². The van der Waals surface area contributed by atoms with Crippen LogP contribution in [0, 0.1) is 5.82 Å². The van der Waals surface area contributed by atoms with Crippen molar-refractivity contribution in [2.45, 2.75) is 17.7 Å². The largest absolute Gasteiger partial charge is 0.495 e. The van der Waals surface area contributed by atoms with Crippen LogP contribution in [0.4, 0.5) is 10.1 Å². The Morgan fingerprint density at radius 1 is 1.19 bits per heavy atom. The van der Waals surface area contributed by atoms with Gasteiger partial charge in [0.15, 0.2) is 0 Å². The molecule has 1 heterocycles. The number of anilines is 1. The van der Waals surface area contributed by atoms with E-state index < -0.39 is 21.7 Å². The van der Waals surface area contributed by atoms with Crippen LogP contribution in [0.15, 0.2) is 41.3 Å². The lowest BCUT2D eigenvalue weighted by Gasteiger charge is -2.17. The third kappa shape index (κ3) is 4.07. The summed E-state index contributed by atoms with van der Waals surface area (Å²) in [5.41, 5.74) is -0.0774. The molecule has 3 rings (SSSR count). The number of rotatable bonds is 5. The number of amides is 1. The van der Waals surface area contributed by atoms with Crippen LogP contribution in [0.3, 0.4) is 0 Å². The van der Waals surface area contributed by atoms with E-state index in [4.69, 9.17) is 16.3 Å². The van der Waals surface area contributed by atoms with Crippen molar-refractivity contribution in [3.05, 3.63) is 52.8 Å². The molecule has 1 aliphatic rings. The van der Waals surface area contributed by atoms with Gasteiger partial charge in [0.25, 0.3) is 5.91 Å². The van der Waals surface area contributed by atoms with Gasteiger partial charge in [-0.05, 0) is 49.2 Å². The standard InChI is InChI=1S/C18H18ClFN2O4S/c1-26-17-7-5-13(27(24,25)22-8-2-3-9-22)11-16(17)21-18(23)14-6-4-12(19)10-15(14)20/h4-7,10-11H,2-3,8-9H2,1H3,(H,21,23). The summed E-state index contributed by atoms with van der Waals surface area (Å²) in [5, 5.41) is 2.68. The Labute approximate surface area is 161 Å². The van der Waals surface area contributed by atoms with Crippen molar-refractivity contribution in [2.75, 3.05) is 25.5 Å². The van der Waals surface area contributed by atoms with Gasteiger partial charge in [-0.1, -0.05) is 11.6 Å². The van der Waals surface area contributed by atoms with Gasteiger partial charge in [-0.2, -0.15) is 4.31 Å². The van der Waals surface area contributed by atoms with E-state index in [1.165, 1.54) is 41.7 Å². The fraction of sp³-hybridized carbons (Fsp3) is 0.278. The van der Waals surface area contributed by atoms with E-state index >= 15 is 0 Å². The number of carbonyl (C=O) groups excluding carboxylic acids is 1. The second-order valence-corrected chi connectivity index (χ2v) is 8.43. The number of halogens is 2. The third-order valence-electron chi connectivity index (χ3n) is 4.30. The molecule has 1 aliphatic heterocycles. The number of hydrogen-bond acceptors (Lipinski definition) is 4. The number of hydrogen-bond donors (Lipinski definition) is 1.